The van der Waals surface area contributed by atoms with Crippen LogP contribution in [-0.2, 0) is 14.3 Å². The van der Waals surface area contributed by atoms with E-state index >= 15 is 0 Å². The molecule has 0 saturated carbocycles. The maximum atomic E-state index is 12.3. The summed E-state index contributed by atoms with van der Waals surface area (Å²) in [5.74, 6) is -1.64. The molecule has 1 unspecified atom stereocenters. The maximum Gasteiger partial charge on any atom is 0.407 e. The lowest BCUT2D eigenvalue weighted by molar-refractivity contribution is -0.142. The Labute approximate surface area is 181 Å². The zero-order valence-electron chi connectivity index (χ0n) is 17.9. The Hall–Kier alpha value is -3.35. The second-order valence-corrected chi connectivity index (χ2v) is 8.22. The van der Waals surface area contributed by atoms with E-state index < -0.39 is 30.1 Å². The van der Waals surface area contributed by atoms with Gasteiger partial charge in [0.25, 0.3) is 0 Å². The Morgan fingerprint density at radius 2 is 1.48 bits per heavy atom. The quantitative estimate of drug-likeness (QED) is 0.601. The third kappa shape index (κ3) is 5.23. The largest absolute Gasteiger partial charge is 0.480 e. The molecule has 3 N–H and O–H groups in total. The Morgan fingerprint density at radius 3 is 2.00 bits per heavy atom. The van der Waals surface area contributed by atoms with Crippen LogP contribution < -0.4 is 10.6 Å². The van der Waals surface area contributed by atoms with Gasteiger partial charge in [0.1, 0.15) is 18.7 Å². The number of carboxylic acids is 1. The Morgan fingerprint density at radius 1 is 0.935 bits per heavy atom. The molecule has 2 aromatic carbocycles. The summed E-state index contributed by atoms with van der Waals surface area (Å²) in [6.45, 7) is 5.38. The molecule has 0 aromatic heterocycles. The average molecular weight is 424 g/mol. The molecule has 0 saturated heterocycles. The van der Waals surface area contributed by atoms with Crippen LogP contribution >= 0.6 is 0 Å². The third-order valence-corrected chi connectivity index (χ3v) is 5.39. The number of aliphatic carboxylic acids is 1. The summed E-state index contributed by atoms with van der Waals surface area (Å²) in [4.78, 5) is 36.0. The van der Waals surface area contributed by atoms with E-state index in [1.54, 1.807) is 0 Å². The lowest BCUT2D eigenvalue weighted by atomic mass is 9.98. The van der Waals surface area contributed by atoms with Gasteiger partial charge in [-0.25, -0.2) is 9.59 Å². The molecule has 164 valence electrons. The van der Waals surface area contributed by atoms with Crippen molar-refractivity contribution in [3.05, 3.63) is 59.7 Å². The van der Waals surface area contributed by atoms with Crippen molar-refractivity contribution in [2.24, 2.45) is 5.92 Å². The van der Waals surface area contributed by atoms with Crippen LogP contribution in [0.3, 0.4) is 0 Å². The van der Waals surface area contributed by atoms with Crippen molar-refractivity contribution in [2.75, 3.05) is 6.61 Å². The van der Waals surface area contributed by atoms with Gasteiger partial charge in [0, 0.05) is 5.92 Å². The molecule has 0 bridgehead atoms. The zero-order valence-corrected chi connectivity index (χ0v) is 17.9. The number of hydrogen-bond acceptors (Lipinski definition) is 4. The molecule has 2 amide bonds. The molecule has 0 radical (unpaired) electrons. The van der Waals surface area contributed by atoms with E-state index in [0.717, 1.165) is 22.3 Å². The highest BCUT2D eigenvalue weighted by atomic mass is 16.5. The number of rotatable bonds is 8. The van der Waals surface area contributed by atoms with Gasteiger partial charge in [0.15, 0.2) is 0 Å². The molecular weight excluding hydrogens is 396 g/mol. The van der Waals surface area contributed by atoms with Crippen molar-refractivity contribution in [1.82, 2.24) is 10.6 Å². The van der Waals surface area contributed by atoms with Crippen LogP contribution in [0.5, 0.6) is 0 Å². The minimum atomic E-state index is -1.10. The van der Waals surface area contributed by atoms with Crippen LogP contribution in [0.25, 0.3) is 11.1 Å². The van der Waals surface area contributed by atoms with Crippen LogP contribution in [0.2, 0.25) is 0 Å². The van der Waals surface area contributed by atoms with Crippen molar-refractivity contribution in [3.8, 4) is 11.1 Å². The molecule has 31 heavy (non-hydrogen) atoms. The summed E-state index contributed by atoms with van der Waals surface area (Å²) in [6.07, 6.45) is -0.418. The predicted molar refractivity (Wildman–Crippen MR) is 117 cm³/mol. The average Bonchev–Trinajstić information content (AvgIpc) is 3.05. The Kier molecular flexibility index (Phi) is 6.95. The first-order chi connectivity index (χ1) is 14.8. The number of fused-ring (bicyclic) bond motifs is 3. The van der Waals surface area contributed by atoms with Crippen LogP contribution in [0, 0.1) is 5.92 Å². The number of ether oxygens (including phenoxy) is 1. The molecule has 7 nitrogen and oxygen atoms in total. The molecule has 0 aliphatic heterocycles. The van der Waals surface area contributed by atoms with Gasteiger partial charge in [0.2, 0.25) is 5.91 Å². The number of amides is 2. The van der Waals surface area contributed by atoms with E-state index in [9.17, 15) is 19.5 Å². The summed E-state index contributed by atoms with van der Waals surface area (Å²) < 4.78 is 5.43. The number of nitrogens with one attached hydrogen (secondary N) is 2. The van der Waals surface area contributed by atoms with Crippen molar-refractivity contribution >= 4 is 18.0 Å². The first-order valence-electron chi connectivity index (χ1n) is 10.4. The van der Waals surface area contributed by atoms with Gasteiger partial charge in [-0.05, 0) is 41.5 Å². The summed E-state index contributed by atoms with van der Waals surface area (Å²) in [7, 11) is 0. The summed E-state index contributed by atoms with van der Waals surface area (Å²) in [5.41, 5.74) is 4.45. The topological polar surface area (TPSA) is 105 Å². The molecule has 0 fully saturated rings. The van der Waals surface area contributed by atoms with Crippen LogP contribution in [-0.4, -0.2) is 41.8 Å². The minimum absolute atomic E-state index is 0.0790. The smallest absolute Gasteiger partial charge is 0.407 e. The standard InChI is InChI=1S/C24H28N2O5/c1-14(2)12-21(23(28)29)26-22(27)15(3)25-24(30)31-13-20-18-10-6-4-8-16(18)17-9-5-7-11-19(17)20/h4-11,14-15,20-21H,12-13H2,1-3H3,(H,25,30)(H,26,27)(H,28,29)/t15?,21-/m1/s1. The third-order valence-electron chi connectivity index (χ3n) is 5.39. The summed E-state index contributed by atoms with van der Waals surface area (Å²) >= 11 is 0. The second kappa shape index (κ2) is 9.64. The van der Waals surface area contributed by atoms with Crippen molar-refractivity contribution in [1.29, 1.82) is 0 Å². The molecule has 2 atom stereocenters. The fraction of sp³-hybridized carbons (Fsp3) is 0.375. The molecule has 3 rings (SSSR count). The van der Waals surface area contributed by atoms with Crippen molar-refractivity contribution in [3.63, 3.8) is 0 Å². The van der Waals surface area contributed by atoms with Crippen LogP contribution in [0.4, 0.5) is 4.79 Å². The first kappa shape index (κ1) is 22.3. The molecule has 0 spiro atoms. The van der Waals surface area contributed by atoms with Gasteiger partial charge in [-0.1, -0.05) is 62.4 Å². The van der Waals surface area contributed by atoms with E-state index in [0.29, 0.717) is 6.42 Å². The summed E-state index contributed by atoms with van der Waals surface area (Å²) in [6, 6.07) is 14.1. The number of hydrogen-bond donors (Lipinski definition) is 3. The zero-order chi connectivity index (χ0) is 22.5. The van der Waals surface area contributed by atoms with E-state index in [4.69, 9.17) is 4.74 Å². The van der Waals surface area contributed by atoms with Crippen molar-refractivity contribution in [2.45, 2.75) is 45.2 Å². The number of carboxylic acid groups (broad SMARTS) is 1. The normalized spacial score (nSPS) is 14.3. The van der Waals surface area contributed by atoms with Crippen molar-refractivity contribution < 1.29 is 24.2 Å². The number of alkyl carbamates (subject to hydrolysis) is 1. The molecule has 2 aromatic rings. The van der Waals surface area contributed by atoms with Gasteiger partial charge in [-0.2, -0.15) is 0 Å². The van der Waals surface area contributed by atoms with Crippen LogP contribution in [0.15, 0.2) is 48.5 Å². The molecule has 0 heterocycles. The van der Waals surface area contributed by atoms with E-state index in [1.807, 2.05) is 50.2 Å². The highest BCUT2D eigenvalue weighted by Gasteiger charge is 2.30. The fourth-order valence-corrected chi connectivity index (χ4v) is 3.87. The first-order valence-corrected chi connectivity index (χ1v) is 10.4. The minimum Gasteiger partial charge on any atom is -0.480 e. The number of benzene rings is 2. The van der Waals surface area contributed by atoms with E-state index in [2.05, 4.69) is 22.8 Å². The SMILES string of the molecule is CC(C)C[C@@H](NC(=O)C(C)NC(=O)OCC1c2ccccc2-c2ccccc21)C(=O)O. The number of carbonyl (C=O) groups is 3. The van der Waals surface area contributed by atoms with Gasteiger partial charge in [-0.15, -0.1) is 0 Å². The molecule has 1 aliphatic rings. The fourth-order valence-electron chi connectivity index (χ4n) is 3.87. The van der Waals surface area contributed by atoms with Gasteiger partial charge in [-0.3, -0.25) is 4.79 Å². The van der Waals surface area contributed by atoms with Gasteiger partial charge in [0.05, 0.1) is 0 Å². The maximum absolute atomic E-state index is 12.3. The monoisotopic (exact) mass is 424 g/mol. The second-order valence-electron chi connectivity index (χ2n) is 8.22. The lowest BCUT2D eigenvalue weighted by Crippen LogP contribution is -2.50. The van der Waals surface area contributed by atoms with E-state index in [1.165, 1.54) is 6.92 Å². The van der Waals surface area contributed by atoms with E-state index in [-0.39, 0.29) is 18.4 Å². The predicted octanol–water partition coefficient (Wildman–Crippen LogP) is 3.53. The molecule has 7 heteroatoms. The summed E-state index contributed by atoms with van der Waals surface area (Å²) in [5, 5.41) is 14.2. The highest BCUT2D eigenvalue weighted by Crippen LogP contribution is 2.44. The Balaban J connectivity index is 1.58. The highest BCUT2D eigenvalue weighted by molar-refractivity contribution is 5.89. The number of carbonyl (C=O) groups excluding carboxylic acids is 2. The molecular formula is C24H28N2O5. The lowest BCUT2D eigenvalue weighted by Gasteiger charge is -2.20. The Bertz CT molecular complexity index is 926. The van der Waals surface area contributed by atoms with Crippen LogP contribution in [0.1, 0.15) is 44.2 Å². The van der Waals surface area contributed by atoms with Gasteiger partial charge < -0.3 is 20.5 Å². The molecule has 1 aliphatic carbocycles. The van der Waals surface area contributed by atoms with Gasteiger partial charge >= 0.3 is 12.1 Å².